The molecule has 0 radical (unpaired) electrons. The number of benzene rings is 1. The van der Waals surface area contributed by atoms with Crippen LogP contribution in [0.3, 0.4) is 0 Å². The molecule has 1 aromatic carbocycles. The zero-order valence-electron chi connectivity index (χ0n) is 18.4. The first-order valence-corrected chi connectivity index (χ1v) is 11.6. The van der Waals surface area contributed by atoms with Crippen LogP contribution in [0, 0.1) is 6.92 Å². The maximum Gasteiger partial charge on any atom is 0.341 e. The van der Waals surface area contributed by atoms with E-state index in [1.54, 1.807) is 18.5 Å². The van der Waals surface area contributed by atoms with E-state index in [4.69, 9.17) is 15.2 Å². The fourth-order valence-electron chi connectivity index (χ4n) is 3.04. The second-order valence-electron chi connectivity index (χ2n) is 6.93. The van der Waals surface area contributed by atoms with Crippen molar-refractivity contribution in [3.8, 4) is 5.75 Å². The third-order valence-electron chi connectivity index (χ3n) is 4.63. The molecule has 33 heavy (non-hydrogen) atoms. The number of carbonyl (C=O) groups excluding carboxylic acids is 3. The van der Waals surface area contributed by atoms with Crippen molar-refractivity contribution in [1.82, 2.24) is 14.8 Å². The van der Waals surface area contributed by atoms with Crippen LogP contribution in [0.15, 0.2) is 35.5 Å². The van der Waals surface area contributed by atoms with Gasteiger partial charge in [-0.25, -0.2) is 4.79 Å². The van der Waals surface area contributed by atoms with Crippen LogP contribution in [0.5, 0.6) is 5.75 Å². The highest BCUT2D eigenvalue weighted by Gasteiger charge is 2.25. The third kappa shape index (κ3) is 5.52. The average molecular weight is 490 g/mol. The number of para-hydroxylation sites is 1. The molecule has 0 fully saturated rings. The zero-order valence-corrected chi connectivity index (χ0v) is 20.1. The maximum atomic E-state index is 12.6. The number of methoxy groups -OCH3 is 1. The minimum atomic E-state index is -0.684. The Labute approximate surface area is 198 Å². The van der Waals surface area contributed by atoms with Crippen LogP contribution in [0.25, 0.3) is 0 Å². The molecule has 3 aromatic rings. The van der Waals surface area contributed by atoms with Crippen molar-refractivity contribution in [2.45, 2.75) is 25.1 Å². The molecule has 2 heterocycles. The molecular formula is C21H23N5O5S2. The molecule has 0 saturated heterocycles. The van der Waals surface area contributed by atoms with Crippen LogP contribution in [-0.2, 0) is 16.6 Å². The number of anilines is 1. The SMILES string of the molecule is COC(=O)c1c(NC(=O)CSc2nnc(C(C)Oc3ccccc3)n2C)sc(C(N)=O)c1C. The average Bonchev–Trinajstić information content (AvgIpc) is 3.32. The van der Waals surface area contributed by atoms with Crippen LogP contribution in [0.2, 0.25) is 0 Å². The molecule has 0 aliphatic carbocycles. The van der Waals surface area contributed by atoms with Crippen molar-refractivity contribution >= 4 is 45.9 Å². The largest absolute Gasteiger partial charge is 0.483 e. The van der Waals surface area contributed by atoms with Crippen molar-refractivity contribution in [2.24, 2.45) is 12.8 Å². The Hall–Kier alpha value is -3.38. The minimum absolute atomic E-state index is 0.00334. The predicted molar refractivity (Wildman–Crippen MR) is 125 cm³/mol. The van der Waals surface area contributed by atoms with Crippen molar-refractivity contribution in [3.05, 3.63) is 52.2 Å². The molecule has 2 aromatic heterocycles. The topological polar surface area (TPSA) is 138 Å². The molecule has 0 spiro atoms. The number of esters is 1. The second-order valence-corrected chi connectivity index (χ2v) is 8.89. The normalized spacial score (nSPS) is 11.6. The molecule has 1 unspecified atom stereocenters. The number of thioether (sulfide) groups is 1. The summed E-state index contributed by atoms with van der Waals surface area (Å²) in [6.45, 7) is 3.44. The van der Waals surface area contributed by atoms with Crippen molar-refractivity contribution < 1.29 is 23.9 Å². The number of nitrogens with one attached hydrogen (secondary N) is 1. The predicted octanol–water partition coefficient (Wildman–Crippen LogP) is 2.94. The number of amides is 2. The number of carbonyl (C=O) groups is 3. The summed E-state index contributed by atoms with van der Waals surface area (Å²) in [5.74, 6) is -0.413. The summed E-state index contributed by atoms with van der Waals surface area (Å²) in [5, 5.41) is 11.7. The Morgan fingerprint density at radius 1 is 1.24 bits per heavy atom. The van der Waals surface area contributed by atoms with E-state index in [0.717, 1.165) is 11.3 Å². The van der Waals surface area contributed by atoms with Crippen LogP contribution in [0.1, 0.15) is 44.4 Å². The number of rotatable bonds is 9. The first kappa shape index (κ1) is 24.3. The summed E-state index contributed by atoms with van der Waals surface area (Å²) < 4.78 is 12.4. The van der Waals surface area contributed by atoms with Gasteiger partial charge in [-0.2, -0.15) is 0 Å². The van der Waals surface area contributed by atoms with Crippen LogP contribution in [-0.4, -0.2) is 45.4 Å². The van der Waals surface area contributed by atoms with E-state index in [-0.39, 0.29) is 33.2 Å². The van der Waals surface area contributed by atoms with E-state index in [2.05, 4.69) is 15.5 Å². The van der Waals surface area contributed by atoms with Gasteiger partial charge in [0, 0.05) is 7.05 Å². The molecule has 12 heteroatoms. The number of nitrogens with zero attached hydrogens (tertiary/aromatic N) is 3. The summed E-state index contributed by atoms with van der Waals surface area (Å²) >= 11 is 2.11. The summed E-state index contributed by atoms with van der Waals surface area (Å²) in [6.07, 6.45) is -0.350. The fraction of sp³-hybridized carbons (Fsp3) is 0.286. The van der Waals surface area contributed by atoms with Gasteiger partial charge in [0.1, 0.15) is 10.8 Å². The minimum Gasteiger partial charge on any atom is -0.483 e. The van der Waals surface area contributed by atoms with E-state index in [0.29, 0.717) is 22.3 Å². The highest BCUT2D eigenvalue weighted by molar-refractivity contribution is 7.99. The number of hydrogen-bond donors (Lipinski definition) is 2. The molecule has 2 amide bonds. The van der Waals surface area contributed by atoms with E-state index >= 15 is 0 Å². The molecule has 3 rings (SSSR count). The molecule has 1 atom stereocenters. The first-order valence-electron chi connectivity index (χ1n) is 9.78. The van der Waals surface area contributed by atoms with Gasteiger partial charge in [0.05, 0.1) is 23.3 Å². The Bertz CT molecular complexity index is 1180. The fourth-order valence-corrected chi connectivity index (χ4v) is 4.82. The van der Waals surface area contributed by atoms with Crippen LogP contribution in [0.4, 0.5) is 5.00 Å². The maximum absolute atomic E-state index is 12.6. The molecule has 10 nitrogen and oxygen atoms in total. The quantitative estimate of drug-likeness (QED) is 0.346. The molecule has 0 bridgehead atoms. The van der Waals surface area contributed by atoms with Crippen LogP contribution >= 0.6 is 23.1 Å². The van der Waals surface area contributed by atoms with E-state index in [1.165, 1.54) is 18.9 Å². The lowest BCUT2D eigenvalue weighted by molar-refractivity contribution is -0.113. The van der Waals surface area contributed by atoms with E-state index in [1.807, 2.05) is 37.3 Å². The molecule has 174 valence electrons. The molecule has 3 N–H and O–H groups in total. The van der Waals surface area contributed by atoms with Gasteiger partial charge in [0.15, 0.2) is 17.1 Å². The lowest BCUT2D eigenvalue weighted by Gasteiger charge is -2.14. The highest BCUT2D eigenvalue weighted by atomic mass is 32.2. The van der Waals surface area contributed by atoms with Crippen LogP contribution < -0.4 is 15.8 Å². The molecule has 0 aliphatic heterocycles. The summed E-state index contributed by atoms with van der Waals surface area (Å²) in [6, 6.07) is 9.37. The highest BCUT2D eigenvalue weighted by Crippen LogP contribution is 2.33. The number of nitrogens with two attached hydrogens (primary N) is 1. The smallest absolute Gasteiger partial charge is 0.341 e. The zero-order chi connectivity index (χ0) is 24.1. The molecule has 0 aliphatic rings. The summed E-state index contributed by atoms with van der Waals surface area (Å²) in [5.41, 5.74) is 5.85. The number of ether oxygens (including phenoxy) is 2. The Kier molecular flexibility index (Phi) is 7.71. The standard InChI is InChI=1S/C21H23N5O5S2/c1-11-15(20(29)30-4)19(33-16(11)17(22)28)23-14(27)10-32-21-25-24-18(26(21)3)12(2)31-13-8-6-5-7-9-13/h5-9,12H,10H2,1-4H3,(H2,22,28)(H,23,27). The lowest BCUT2D eigenvalue weighted by Crippen LogP contribution is -2.16. The Balaban J connectivity index is 1.67. The number of thiophene rings is 1. The lowest BCUT2D eigenvalue weighted by atomic mass is 10.1. The van der Waals surface area contributed by atoms with Crippen molar-refractivity contribution in [2.75, 3.05) is 18.2 Å². The Morgan fingerprint density at radius 3 is 2.58 bits per heavy atom. The van der Waals surface area contributed by atoms with Crippen molar-refractivity contribution in [3.63, 3.8) is 0 Å². The Morgan fingerprint density at radius 2 is 1.94 bits per heavy atom. The van der Waals surface area contributed by atoms with Gasteiger partial charge in [-0.1, -0.05) is 30.0 Å². The number of primary amides is 1. The van der Waals surface area contributed by atoms with E-state index < -0.39 is 11.9 Å². The monoisotopic (exact) mass is 489 g/mol. The number of aromatic nitrogens is 3. The van der Waals surface area contributed by atoms with Gasteiger partial charge in [0.2, 0.25) is 5.91 Å². The van der Waals surface area contributed by atoms with E-state index in [9.17, 15) is 14.4 Å². The van der Waals surface area contributed by atoms with Gasteiger partial charge < -0.3 is 25.1 Å². The second kappa shape index (κ2) is 10.5. The third-order valence-corrected chi connectivity index (χ3v) is 6.88. The van der Waals surface area contributed by atoms with Gasteiger partial charge in [-0.05, 0) is 31.5 Å². The first-order chi connectivity index (χ1) is 15.7. The molecular weight excluding hydrogens is 466 g/mol. The summed E-state index contributed by atoms with van der Waals surface area (Å²) in [4.78, 5) is 36.5. The molecule has 0 saturated carbocycles. The van der Waals surface area contributed by atoms with Gasteiger partial charge in [0.25, 0.3) is 5.91 Å². The number of hydrogen-bond acceptors (Lipinski definition) is 9. The summed E-state index contributed by atoms with van der Waals surface area (Å²) in [7, 11) is 3.01. The van der Waals surface area contributed by atoms with Crippen molar-refractivity contribution in [1.29, 1.82) is 0 Å². The van der Waals surface area contributed by atoms with Gasteiger partial charge in [-0.3, -0.25) is 9.59 Å². The van der Waals surface area contributed by atoms with Gasteiger partial charge >= 0.3 is 5.97 Å². The van der Waals surface area contributed by atoms with Gasteiger partial charge in [-0.15, -0.1) is 21.5 Å².